The first-order valence-corrected chi connectivity index (χ1v) is 10.9. The van der Waals surface area contributed by atoms with E-state index in [1.807, 2.05) is 30.3 Å². The summed E-state index contributed by atoms with van der Waals surface area (Å²) in [5.74, 6) is -0.890. The lowest BCUT2D eigenvalue weighted by Gasteiger charge is -2.28. The highest BCUT2D eigenvalue weighted by Gasteiger charge is 2.32. The number of carbonyl (C=O) groups excluding carboxylic acids is 1. The average Bonchev–Trinajstić information content (AvgIpc) is 2.71. The van der Waals surface area contributed by atoms with E-state index >= 15 is 0 Å². The molecule has 2 aromatic carbocycles. The first-order valence-electron chi connectivity index (χ1n) is 10.9. The van der Waals surface area contributed by atoms with Crippen LogP contribution in [-0.2, 0) is 22.6 Å². The molecule has 0 bridgehead atoms. The molecule has 0 saturated heterocycles. The van der Waals surface area contributed by atoms with Gasteiger partial charge in [-0.3, -0.25) is 14.9 Å². The zero-order valence-corrected chi connectivity index (χ0v) is 20.2. The standard InChI is InChI=1S/C25H32N2O7/c1-24(2,3)34-23(30)26-19(15-25(4,5)22(28)29)13-18-11-12-21(20(14-18)27(31)32)33-16-17-9-7-6-8-10-17/h6-12,14,19H,13,15-16H2,1-5H3,(H,26,30)(H,28,29). The van der Waals surface area contributed by atoms with Crippen LogP contribution in [0.5, 0.6) is 5.75 Å². The van der Waals surface area contributed by atoms with E-state index in [1.54, 1.807) is 40.7 Å². The summed E-state index contributed by atoms with van der Waals surface area (Å²) in [5, 5.41) is 23.9. The molecule has 2 aromatic rings. The number of nitro groups is 1. The third-order valence-electron chi connectivity index (χ3n) is 5.00. The lowest BCUT2D eigenvalue weighted by atomic mass is 9.84. The summed E-state index contributed by atoms with van der Waals surface area (Å²) < 4.78 is 11.0. The SMILES string of the molecule is CC(C)(C)OC(=O)NC(Cc1ccc(OCc2ccccc2)c([N+](=O)[O-])c1)CC(C)(C)C(=O)O. The molecule has 0 aliphatic carbocycles. The molecule has 0 aliphatic heterocycles. The minimum absolute atomic E-state index is 0.0988. The van der Waals surface area contributed by atoms with Gasteiger partial charge in [0.1, 0.15) is 12.2 Å². The van der Waals surface area contributed by atoms with Gasteiger partial charge >= 0.3 is 17.7 Å². The summed E-state index contributed by atoms with van der Waals surface area (Å²) in [6.07, 6.45) is -0.409. The molecule has 0 saturated carbocycles. The fraction of sp³-hybridized carbons (Fsp3) is 0.440. The van der Waals surface area contributed by atoms with E-state index in [2.05, 4.69) is 5.32 Å². The molecule has 9 heteroatoms. The number of amides is 1. The maximum Gasteiger partial charge on any atom is 0.407 e. The first kappa shape index (κ1) is 26.6. The highest BCUT2D eigenvalue weighted by molar-refractivity contribution is 5.74. The topological polar surface area (TPSA) is 128 Å². The molecule has 2 rings (SSSR count). The number of aliphatic carboxylic acids is 1. The minimum Gasteiger partial charge on any atom is -0.482 e. The van der Waals surface area contributed by atoms with Gasteiger partial charge in [-0.2, -0.15) is 0 Å². The van der Waals surface area contributed by atoms with Gasteiger partial charge in [0.2, 0.25) is 0 Å². The smallest absolute Gasteiger partial charge is 0.407 e. The molecular weight excluding hydrogens is 440 g/mol. The number of carboxylic acid groups (broad SMARTS) is 1. The van der Waals surface area contributed by atoms with E-state index in [-0.39, 0.29) is 30.9 Å². The predicted molar refractivity (Wildman–Crippen MR) is 127 cm³/mol. The second-order valence-electron chi connectivity index (χ2n) is 9.77. The Balaban J connectivity index is 2.24. The van der Waals surface area contributed by atoms with Crippen LogP contribution in [0.1, 0.15) is 52.2 Å². The maximum atomic E-state index is 12.4. The summed E-state index contributed by atoms with van der Waals surface area (Å²) >= 11 is 0. The molecule has 34 heavy (non-hydrogen) atoms. The molecule has 184 valence electrons. The van der Waals surface area contributed by atoms with Gasteiger partial charge in [-0.15, -0.1) is 0 Å². The van der Waals surface area contributed by atoms with Crippen molar-refractivity contribution >= 4 is 17.7 Å². The molecule has 0 radical (unpaired) electrons. The number of nitrogens with one attached hydrogen (secondary N) is 1. The molecule has 2 N–H and O–H groups in total. The van der Waals surface area contributed by atoms with Gasteiger partial charge in [0.05, 0.1) is 10.3 Å². The van der Waals surface area contributed by atoms with E-state index in [1.165, 1.54) is 12.1 Å². The summed E-state index contributed by atoms with van der Waals surface area (Å²) in [6.45, 7) is 8.46. The Labute approximate surface area is 199 Å². The first-order chi connectivity index (χ1) is 15.8. The van der Waals surface area contributed by atoms with Crippen LogP contribution in [0.4, 0.5) is 10.5 Å². The number of nitro benzene ring substituents is 1. The number of carboxylic acids is 1. The van der Waals surface area contributed by atoms with Crippen molar-refractivity contribution in [2.24, 2.45) is 5.41 Å². The minimum atomic E-state index is -1.13. The highest BCUT2D eigenvalue weighted by atomic mass is 16.6. The van der Waals surface area contributed by atoms with E-state index in [4.69, 9.17) is 9.47 Å². The molecular formula is C25H32N2O7. The predicted octanol–water partition coefficient (Wildman–Crippen LogP) is 5.11. The van der Waals surface area contributed by atoms with Crippen LogP contribution in [0, 0.1) is 15.5 Å². The molecule has 9 nitrogen and oxygen atoms in total. The lowest BCUT2D eigenvalue weighted by Crippen LogP contribution is -2.43. The quantitative estimate of drug-likeness (QED) is 0.363. The Kier molecular flexibility index (Phi) is 8.62. The normalized spacial score (nSPS) is 12.5. The highest BCUT2D eigenvalue weighted by Crippen LogP contribution is 2.31. The largest absolute Gasteiger partial charge is 0.482 e. The lowest BCUT2D eigenvalue weighted by molar-refractivity contribution is -0.386. The Morgan fingerprint density at radius 2 is 1.71 bits per heavy atom. The Morgan fingerprint density at radius 3 is 2.26 bits per heavy atom. The number of nitrogens with zero attached hydrogens (tertiary/aromatic N) is 1. The van der Waals surface area contributed by atoms with Gasteiger partial charge in [-0.1, -0.05) is 36.4 Å². The molecule has 0 aromatic heterocycles. The van der Waals surface area contributed by atoms with Gasteiger partial charge in [-0.05, 0) is 64.7 Å². The second-order valence-corrected chi connectivity index (χ2v) is 9.77. The van der Waals surface area contributed by atoms with Crippen LogP contribution < -0.4 is 10.1 Å². The summed E-state index contributed by atoms with van der Waals surface area (Å²) in [6, 6.07) is 13.2. The van der Waals surface area contributed by atoms with Crippen molar-refractivity contribution in [2.45, 2.75) is 65.7 Å². The second kappa shape index (κ2) is 11.0. The van der Waals surface area contributed by atoms with Crippen molar-refractivity contribution in [1.82, 2.24) is 5.32 Å². The average molecular weight is 473 g/mol. The van der Waals surface area contributed by atoms with Crippen molar-refractivity contribution < 1.29 is 29.1 Å². The number of benzene rings is 2. The van der Waals surface area contributed by atoms with Gasteiger partial charge in [0.25, 0.3) is 0 Å². The molecule has 1 atom stereocenters. The van der Waals surface area contributed by atoms with Crippen LogP contribution in [-0.4, -0.2) is 33.7 Å². The molecule has 1 unspecified atom stereocenters. The third-order valence-corrected chi connectivity index (χ3v) is 5.00. The van der Waals surface area contributed by atoms with E-state index in [0.717, 1.165) is 5.56 Å². The van der Waals surface area contributed by atoms with Gasteiger partial charge in [-0.25, -0.2) is 4.79 Å². The van der Waals surface area contributed by atoms with E-state index in [9.17, 15) is 24.8 Å². The molecule has 0 heterocycles. The molecule has 0 aliphatic rings. The van der Waals surface area contributed by atoms with Crippen molar-refractivity contribution in [3.8, 4) is 5.75 Å². The van der Waals surface area contributed by atoms with Crippen LogP contribution >= 0.6 is 0 Å². The van der Waals surface area contributed by atoms with Crippen LogP contribution in [0.2, 0.25) is 0 Å². The van der Waals surface area contributed by atoms with Crippen molar-refractivity contribution in [1.29, 1.82) is 0 Å². The fourth-order valence-corrected chi connectivity index (χ4v) is 3.33. The van der Waals surface area contributed by atoms with Crippen LogP contribution in [0.15, 0.2) is 48.5 Å². The van der Waals surface area contributed by atoms with Crippen molar-refractivity contribution in [3.05, 3.63) is 69.8 Å². The fourth-order valence-electron chi connectivity index (χ4n) is 3.33. The number of rotatable bonds is 10. The van der Waals surface area contributed by atoms with E-state index < -0.39 is 34.0 Å². The zero-order chi connectivity index (χ0) is 25.5. The Hall–Kier alpha value is -3.62. The Bertz CT molecular complexity index is 1010. The number of ether oxygens (including phenoxy) is 2. The van der Waals surface area contributed by atoms with Crippen molar-refractivity contribution in [2.75, 3.05) is 0 Å². The number of hydrogen-bond donors (Lipinski definition) is 2. The van der Waals surface area contributed by atoms with E-state index in [0.29, 0.717) is 5.56 Å². The van der Waals surface area contributed by atoms with Crippen molar-refractivity contribution in [3.63, 3.8) is 0 Å². The Morgan fingerprint density at radius 1 is 1.06 bits per heavy atom. The summed E-state index contributed by atoms with van der Waals surface area (Å²) in [4.78, 5) is 35.2. The van der Waals surface area contributed by atoms with Gasteiger partial charge < -0.3 is 19.9 Å². The number of hydrogen-bond acceptors (Lipinski definition) is 6. The molecule has 1 amide bonds. The summed E-state index contributed by atoms with van der Waals surface area (Å²) in [7, 11) is 0. The zero-order valence-electron chi connectivity index (χ0n) is 20.2. The monoisotopic (exact) mass is 472 g/mol. The van der Waals surface area contributed by atoms with Gasteiger partial charge in [0, 0.05) is 12.1 Å². The molecule has 0 spiro atoms. The van der Waals surface area contributed by atoms with Gasteiger partial charge in [0.15, 0.2) is 5.75 Å². The maximum absolute atomic E-state index is 12.4. The third kappa shape index (κ3) is 8.38. The number of carbonyl (C=O) groups is 2. The van der Waals surface area contributed by atoms with Crippen LogP contribution in [0.25, 0.3) is 0 Å². The molecule has 0 fully saturated rings. The summed E-state index contributed by atoms with van der Waals surface area (Å²) in [5.41, 5.74) is -0.640. The number of alkyl carbamates (subject to hydrolysis) is 1. The van der Waals surface area contributed by atoms with Crippen LogP contribution in [0.3, 0.4) is 0 Å².